The third kappa shape index (κ3) is 15.6. The summed E-state index contributed by atoms with van der Waals surface area (Å²) in [7, 11) is 3.30. The van der Waals surface area contributed by atoms with Crippen LogP contribution in [0.15, 0.2) is 189 Å². The van der Waals surface area contributed by atoms with E-state index in [1.165, 1.54) is 17.1 Å². The molecular formula is C76H89N15O7. The van der Waals surface area contributed by atoms with Gasteiger partial charge in [-0.2, -0.15) is 0 Å². The normalized spacial score (nSPS) is 15.7. The lowest BCUT2D eigenvalue weighted by molar-refractivity contribution is -0.122. The van der Waals surface area contributed by atoms with Gasteiger partial charge in [-0.15, -0.1) is 0 Å². The Labute approximate surface area is 573 Å². The van der Waals surface area contributed by atoms with Gasteiger partial charge in [-0.05, 0) is 185 Å². The van der Waals surface area contributed by atoms with Gasteiger partial charge in [0.15, 0.2) is 0 Å². The second-order valence-electron chi connectivity index (χ2n) is 23.8. The van der Waals surface area contributed by atoms with Gasteiger partial charge in [-0.25, -0.2) is 24.4 Å². The molecule has 0 unspecified atom stereocenters. The molecule has 3 aliphatic heterocycles. The number of nitrogens with one attached hydrogen (secondary N) is 3. The number of aromatic nitrogens is 4. The van der Waals surface area contributed by atoms with E-state index in [4.69, 9.17) is 30.8 Å². The van der Waals surface area contributed by atoms with Crippen molar-refractivity contribution in [2.45, 2.75) is 72.8 Å². The number of imidazole rings is 2. The summed E-state index contributed by atoms with van der Waals surface area (Å²) in [5.74, 6) is 1.60. The number of hydrogen-bond acceptors (Lipinski definition) is 13. The minimum atomic E-state index is -0.250. The lowest BCUT2D eigenvalue weighted by atomic mass is 10.0. The van der Waals surface area contributed by atoms with Gasteiger partial charge >= 0.3 is 18.1 Å². The molecule has 3 fully saturated rings. The van der Waals surface area contributed by atoms with Crippen molar-refractivity contribution in [2.24, 2.45) is 0 Å². The Hall–Kier alpha value is -11.4. The molecule has 6 amide bonds. The average Bonchev–Trinajstić information content (AvgIpc) is 1.60. The van der Waals surface area contributed by atoms with Gasteiger partial charge in [0.05, 0.1) is 78.4 Å². The van der Waals surface area contributed by atoms with E-state index in [-0.39, 0.29) is 42.7 Å². The van der Waals surface area contributed by atoms with Crippen molar-refractivity contribution in [3.8, 4) is 11.5 Å². The summed E-state index contributed by atoms with van der Waals surface area (Å²) in [6, 6.07) is 58.2. The van der Waals surface area contributed by atoms with E-state index < -0.39 is 0 Å². The first kappa shape index (κ1) is 69.4. The van der Waals surface area contributed by atoms with E-state index in [2.05, 4.69) is 154 Å². The van der Waals surface area contributed by atoms with Gasteiger partial charge in [0.2, 0.25) is 0 Å². The fourth-order valence-corrected chi connectivity index (χ4v) is 13.0. The maximum atomic E-state index is 13.8. The average molecular weight is 1320 g/mol. The summed E-state index contributed by atoms with van der Waals surface area (Å²) in [6.45, 7) is 21.3. The zero-order valence-electron chi connectivity index (χ0n) is 57.0. The third-order valence-corrected chi connectivity index (χ3v) is 18.3. The van der Waals surface area contributed by atoms with Crippen LogP contribution in [0.25, 0.3) is 22.1 Å². The molecule has 3 saturated heterocycles. The minimum Gasteiger partial charge on any atom is -0.497 e. The molecule has 22 nitrogen and oxygen atoms in total. The number of nitrogens with two attached hydrogens (primary N) is 2. The first-order valence-electron chi connectivity index (χ1n) is 33.3. The molecule has 0 spiro atoms. The second-order valence-corrected chi connectivity index (χ2v) is 23.8. The number of carbonyl (C=O) groups is 4. The number of urea groups is 3. The fourth-order valence-electron chi connectivity index (χ4n) is 13.0. The van der Waals surface area contributed by atoms with E-state index in [0.717, 1.165) is 118 Å². The molecular weight excluding hydrogens is 1230 g/mol. The number of benzene rings is 8. The van der Waals surface area contributed by atoms with Crippen LogP contribution in [0.1, 0.15) is 87.5 Å². The van der Waals surface area contributed by atoms with E-state index in [0.29, 0.717) is 44.1 Å². The van der Waals surface area contributed by atoms with Crippen LogP contribution in [0.3, 0.4) is 0 Å². The van der Waals surface area contributed by atoms with E-state index in [1.54, 1.807) is 39.0 Å². The number of rotatable bonds is 21. The molecule has 3 aliphatic rings. The Balaban J connectivity index is 0.000000158. The summed E-state index contributed by atoms with van der Waals surface area (Å²) in [5, 5.41) is 9.86. The Morgan fingerprint density at radius 1 is 0.480 bits per heavy atom. The number of carbonyl (C=O) groups excluding carboxylic acids is 3. The number of aromatic amines is 2. The van der Waals surface area contributed by atoms with Gasteiger partial charge in [0, 0.05) is 106 Å². The first-order valence-corrected chi connectivity index (χ1v) is 33.3. The third-order valence-electron chi connectivity index (χ3n) is 18.3. The molecule has 0 bridgehead atoms. The number of nitrogens with zero attached hydrogens (tertiary/aromatic N) is 10. The van der Waals surface area contributed by atoms with Gasteiger partial charge in [-0.3, -0.25) is 19.5 Å². The Morgan fingerprint density at radius 3 is 1.20 bits per heavy atom. The smallest absolute Gasteiger partial charge is 0.325 e. The highest BCUT2D eigenvalue weighted by Gasteiger charge is 2.41. The van der Waals surface area contributed by atoms with Crippen LogP contribution in [-0.4, -0.2) is 133 Å². The highest BCUT2D eigenvalue weighted by atomic mass is 16.5. The van der Waals surface area contributed by atoms with Crippen LogP contribution in [0.4, 0.5) is 59.9 Å². The Morgan fingerprint density at radius 2 is 0.837 bits per heavy atom. The molecule has 8 N–H and O–H groups in total. The molecule has 0 aliphatic carbocycles. The number of nitrogen functional groups attached to an aromatic ring is 2. The quantitative estimate of drug-likeness (QED) is 0.0289. The van der Waals surface area contributed by atoms with Gasteiger partial charge in [0.1, 0.15) is 11.5 Å². The highest BCUT2D eigenvalue weighted by Crippen LogP contribution is 2.40. The van der Waals surface area contributed by atoms with Crippen LogP contribution in [0.2, 0.25) is 0 Å². The van der Waals surface area contributed by atoms with E-state index >= 15 is 0 Å². The van der Waals surface area contributed by atoms with Crippen LogP contribution >= 0.6 is 0 Å². The van der Waals surface area contributed by atoms with Crippen LogP contribution in [0, 0.1) is 0 Å². The summed E-state index contributed by atoms with van der Waals surface area (Å²) < 4.78 is 10.5. The topological polar surface area (TPSA) is 254 Å². The first-order chi connectivity index (χ1) is 47.7. The summed E-state index contributed by atoms with van der Waals surface area (Å²) in [6.07, 6.45) is 3.35. The van der Waals surface area contributed by atoms with Crippen molar-refractivity contribution in [3.63, 3.8) is 0 Å². The molecule has 98 heavy (non-hydrogen) atoms. The lowest BCUT2D eigenvalue weighted by Gasteiger charge is -2.25. The molecule has 3 atom stereocenters. The summed E-state index contributed by atoms with van der Waals surface area (Å²) in [5.41, 5.74) is 28.1. The van der Waals surface area contributed by atoms with E-state index in [1.807, 2.05) is 115 Å². The van der Waals surface area contributed by atoms with Crippen LogP contribution < -0.4 is 55.7 Å². The number of hydrogen-bond donors (Lipinski definition) is 6. The van der Waals surface area contributed by atoms with Crippen molar-refractivity contribution in [1.82, 2.24) is 35.1 Å². The number of amides is 6. The van der Waals surface area contributed by atoms with Crippen molar-refractivity contribution >= 4 is 92.1 Å². The maximum absolute atomic E-state index is 13.8. The number of carboxylic acid groups (broad SMARTS) is 1. The second kappa shape index (κ2) is 32.3. The maximum Gasteiger partial charge on any atom is 0.325 e. The van der Waals surface area contributed by atoms with Gasteiger partial charge < -0.3 is 65.8 Å². The monoisotopic (exact) mass is 1320 g/mol. The van der Waals surface area contributed by atoms with Gasteiger partial charge in [0.25, 0.3) is 6.47 Å². The standard InChI is InChI=1S/C28H31N5O2.C27H33N5O2.C20H23N5O.CH2O2/c1-4-31(5-2)22-10-8-21(9-11-22)27-18-32(17-20-6-13-24(35-3)14-7-20)28(34)33(27)23-12-15-25-26(16-23)30-19-29-25;1-4-30(5-2)21-10-8-20(9-11-21)26-18-31(17-19-6-13-23(34-3)14-7-19)27(33)32(26)22-12-15-24(28)25(29)16-22;1-3-24(4-2)15-7-5-14(6-8-15)19-12-21-20(26)25(19)16-9-10-17-18(11-16)23-13-22-17;2-1-3/h6-16,19,27H,4-5,17-18H2,1-3H3,(H,29,30);6-16,26H,4-5,17-18,28-29H2,1-3H3;5-11,13,19H,3-4,12H2,1-2H3,(H,21,26)(H,22,23);1H,(H,2,3)/t27-;26-;19-;/m111./s1. The van der Waals surface area contributed by atoms with Crippen molar-refractivity contribution in [2.75, 3.05) is 114 Å². The largest absolute Gasteiger partial charge is 0.497 e. The zero-order chi connectivity index (χ0) is 69.4. The predicted molar refractivity (Wildman–Crippen MR) is 393 cm³/mol. The molecule has 510 valence electrons. The SMILES string of the molecule is CCN(CC)c1ccc([C@H]2CN(Cc3ccc(OC)cc3)C(=O)N2c2ccc(N)c(N)c2)cc1.CCN(CC)c1ccc([C@H]2CN(Cc3ccc(OC)cc3)C(=O)N2c2ccc3nc[nH]c3c2)cc1.CCN(CC)c1ccc([C@H]2CNC(=O)N2c2ccc3nc[nH]c3c2)cc1.O=CO. The van der Waals surface area contributed by atoms with Crippen LogP contribution in [0.5, 0.6) is 11.5 Å². The van der Waals surface area contributed by atoms with Gasteiger partial charge in [-0.1, -0.05) is 60.7 Å². The number of ether oxygens (including phenoxy) is 2. The molecule has 0 saturated carbocycles. The Kier molecular flexibility index (Phi) is 22.9. The highest BCUT2D eigenvalue weighted by molar-refractivity contribution is 5.99. The van der Waals surface area contributed by atoms with Crippen molar-refractivity contribution < 1.29 is 33.8 Å². The number of anilines is 8. The lowest BCUT2D eigenvalue weighted by Crippen LogP contribution is -2.32. The zero-order valence-corrected chi connectivity index (χ0v) is 57.0. The molecule has 5 heterocycles. The van der Waals surface area contributed by atoms with E-state index in [9.17, 15) is 14.4 Å². The number of H-pyrrole nitrogens is 2. The fraction of sp³-hybridized carbons (Fsp3) is 0.289. The molecule has 10 aromatic rings. The van der Waals surface area contributed by atoms with Crippen molar-refractivity contribution in [3.05, 3.63) is 216 Å². The summed E-state index contributed by atoms with van der Waals surface area (Å²) >= 11 is 0. The molecule has 0 radical (unpaired) electrons. The number of methoxy groups -OCH3 is 2. The summed E-state index contributed by atoms with van der Waals surface area (Å²) in [4.78, 5) is 79.4. The molecule has 8 aromatic carbocycles. The molecule has 13 rings (SSSR count). The Bertz CT molecular complexity index is 4250. The van der Waals surface area contributed by atoms with Crippen molar-refractivity contribution in [1.29, 1.82) is 0 Å². The predicted octanol–water partition coefficient (Wildman–Crippen LogP) is 13.9. The van der Waals surface area contributed by atoms with Crippen LogP contribution in [-0.2, 0) is 17.9 Å². The number of fused-ring (bicyclic) bond motifs is 2. The molecule has 22 heteroatoms. The minimum absolute atomic E-state index is 0.00231. The molecule has 2 aromatic heterocycles.